The second kappa shape index (κ2) is 13.1. The van der Waals surface area contributed by atoms with E-state index in [1.165, 1.54) is 12.8 Å². The van der Waals surface area contributed by atoms with Gasteiger partial charge in [-0.15, -0.1) is 13.2 Å². The lowest BCUT2D eigenvalue weighted by Gasteiger charge is -2.08. The van der Waals surface area contributed by atoms with Crippen LogP contribution in [0, 0.1) is 11.8 Å². The minimum Gasteiger partial charge on any atom is -0.360 e. The summed E-state index contributed by atoms with van der Waals surface area (Å²) >= 11 is 8.74. The van der Waals surface area contributed by atoms with Gasteiger partial charge < -0.3 is 5.32 Å². The number of thiol groups is 2. The predicted molar refractivity (Wildman–Crippen MR) is 106 cm³/mol. The van der Waals surface area contributed by atoms with E-state index < -0.39 is 0 Å². The van der Waals surface area contributed by atoms with Crippen LogP contribution in [-0.2, 0) is 0 Å². The molecule has 1 nitrogen and oxygen atoms in total. The van der Waals surface area contributed by atoms with Crippen LogP contribution in [0.15, 0.2) is 49.4 Å². The molecule has 1 saturated carbocycles. The van der Waals surface area contributed by atoms with Crippen molar-refractivity contribution in [3.8, 4) is 0 Å². The number of allylic oxidation sites excluding steroid dienone is 3. The van der Waals surface area contributed by atoms with Gasteiger partial charge in [-0.1, -0.05) is 26.2 Å². The van der Waals surface area contributed by atoms with Gasteiger partial charge in [-0.25, -0.2) is 0 Å². The highest BCUT2D eigenvalue weighted by molar-refractivity contribution is 7.81. The second-order valence-corrected chi connectivity index (χ2v) is 6.47. The van der Waals surface area contributed by atoms with Crippen LogP contribution in [0.25, 0.3) is 0 Å². The van der Waals surface area contributed by atoms with E-state index >= 15 is 0 Å². The molecule has 0 bridgehead atoms. The van der Waals surface area contributed by atoms with Crippen LogP contribution in [0.3, 0.4) is 0 Å². The lowest BCUT2D eigenvalue weighted by Crippen LogP contribution is -2.08. The van der Waals surface area contributed by atoms with Crippen molar-refractivity contribution < 1.29 is 0 Å². The van der Waals surface area contributed by atoms with Crippen molar-refractivity contribution in [3.63, 3.8) is 0 Å². The normalized spacial score (nSPS) is 24.1. The smallest absolute Gasteiger partial charge is 0.0334 e. The van der Waals surface area contributed by atoms with Gasteiger partial charge in [-0.2, -0.15) is 25.3 Å². The van der Waals surface area contributed by atoms with E-state index in [9.17, 15) is 0 Å². The zero-order valence-electron chi connectivity index (χ0n) is 14.2. The molecule has 1 aliphatic carbocycles. The van der Waals surface area contributed by atoms with Crippen LogP contribution in [0.2, 0.25) is 0 Å². The van der Waals surface area contributed by atoms with Crippen molar-refractivity contribution in [2.45, 2.75) is 45.8 Å². The van der Waals surface area contributed by atoms with Gasteiger partial charge in [-0.05, 0) is 56.8 Å². The number of hydrogen-bond donors (Lipinski definition) is 3. The average molecular weight is 328 g/mol. The summed E-state index contributed by atoms with van der Waals surface area (Å²) in [6, 6.07) is 0. The molecule has 0 aliphatic heterocycles. The first-order chi connectivity index (χ1) is 9.81. The zero-order chi connectivity index (χ0) is 17.0. The van der Waals surface area contributed by atoms with Gasteiger partial charge in [-0.3, -0.25) is 0 Å². The highest BCUT2D eigenvalue weighted by Gasteiger charge is 2.27. The molecule has 0 saturated heterocycles. The highest BCUT2D eigenvalue weighted by Crippen LogP contribution is 2.34. The summed E-state index contributed by atoms with van der Waals surface area (Å²) in [4.78, 5) is 0. The van der Waals surface area contributed by atoms with E-state index in [-0.39, 0.29) is 0 Å². The fraction of sp³-hybridized carbons (Fsp3) is 0.556. The molecule has 1 N–H and O–H groups in total. The Kier molecular flexibility index (Phi) is 14.2. The Morgan fingerprint density at radius 3 is 2.00 bits per heavy atom. The van der Waals surface area contributed by atoms with E-state index in [1.807, 2.05) is 26.8 Å². The van der Waals surface area contributed by atoms with E-state index in [2.05, 4.69) is 63.8 Å². The monoisotopic (exact) mass is 327 g/mol. The van der Waals surface area contributed by atoms with Crippen LogP contribution in [0.5, 0.6) is 0 Å². The Morgan fingerprint density at radius 2 is 1.76 bits per heavy atom. The Morgan fingerprint density at radius 1 is 1.24 bits per heavy atom. The predicted octanol–water partition coefficient (Wildman–Crippen LogP) is 5.65. The summed E-state index contributed by atoms with van der Waals surface area (Å²) in [7, 11) is 0. The summed E-state index contributed by atoms with van der Waals surface area (Å²) in [5.41, 5.74) is 3.00. The van der Waals surface area contributed by atoms with E-state index in [0.717, 1.165) is 34.6 Å². The van der Waals surface area contributed by atoms with Crippen LogP contribution in [0.1, 0.15) is 40.5 Å². The minimum atomic E-state index is 0.623. The average Bonchev–Trinajstić information content (AvgIpc) is 2.78. The fourth-order valence-corrected chi connectivity index (χ4v) is 3.26. The Hall–Kier alpha value is -0.540. The van der Waals surface area contributed by atoms with Gasteiger partial charge in [0.1, 0.15) is 0 Å². The molecule has 1 unspecified atom stereocenters. The highest BCUT2D eigenvalue weighted by atomic mass is 32.1. The molecule has 0 aromatic heterocycles. The molecule has 0 spiro atoms. The molecule has 122 valence electrons. The third kappa shape index (κ3) is 10.8. The summed E-state index contributed by atoms with van der Waals surface area (Å²) in [5, 5.41) is 3.66. The third-order valence-electron chi connectivity index (χ3n) is 3.40. The molecule has 0 aromatic rings. The quantitative estimate of drug-likeness (QED) is 0.344. The molecule has 0 radical (unpaired) electrons. The van der Waals surface area contributed by atoms with Gasteiger partial charge >= 0.3 is 0 Å². The SMILES string of the molecule is C=C.C=C(C)NC(=C)/C(C)=C\C.C[C@@H]1CC(CS)[C@H](S)C1. The van der Waals surface area contributed by atoms with Gasteiger partial charge in [0.05, 0.1) is 0 Å². The number of rotatable bonds is 4. The second-order valence-electron chi connectivity index (χ2n) is 5.44. The van der Waals surface area contributed by atoms with Gasteiger partial charge in [0, 0.05) is 16.6 Å². The molecule has 0 heterocycles. The van der Waals surface area contributed by atoms with Crippen molar-refractivity contribution in [2.75, 3.05) is 5.75 Å². The molecule has 0 aromatic carbocycles. The summed E-state index contributed by atoms with van der Waals surface area (Å²) in [5.74, 6) is 2.66. The van der Waals surface area contributed by atoms with Gasteiger partial charge in [0.25, 0.3) is 0 Å². The molecular formula is C18H33NS2. The maximum Gasteiger partial charge on any atom is 0.0334 e. The molecule has 3 atom stereocenters. The molecule has 1 rings (SSSR count). The molecule has 1 aliphatic rings. The van der Waals surface area contributed by atoms with Crippen molar-refractivity contribution in [3.05, 3.63) is 49.4 Å². The standard InChI is InChI=1S/C9H15N.C7H14S2.C2H4/c1-6-8(4)9(5)10-7(2)3;1-5-2-6(4-8)7(9)3-5;1-2/h6,10H,2,5H2,1,3-4H3;5-9H,2-4H2,1H3;1-2H2/b8-6-;;/t;5-,6?,7-;/m.1./s1. The van der Waals surface area contributed by atoms with E-state index in [4.69, 9.17) is 0 Å². The van der Waals surface area contributed by atoms with Crippen LogP contribution < -0.4 is 5.32 Å². The topological polar surface area (TPSA) is 12.0 Å². The first-order valence-electron chi connectivity index (χ1n) is 7.35. The lowest BCUT2D eigenvalue weighted by molar-refractivity contribution is 0.564. The summed E-state index contributed by atoms with van der Waals surface area (Å²) in [6.45, 7) is 21.7. The minimum absolute atomic E-state index is 0.623. The lowest BCUT2D eigenvalue weighted by atomic mass is 10.1. The van der Waals surface area contributed by atoms with Crippen LogP contribution in [0.4, 0.5) is 0 Å². The molecule has 1 fully saturated rings. The van der Waals surface area contributed by atoms with Crippen molar-refractivity contribution in [1.82, 2.24) is 5.32 Å². The van der Waals surface area contributed by atoms with E-state index in [0.29, 0.717) is 5.25 Å². The van der Waals surface area contributed by atoms with Crippen molar-refractivity contribution in [2.24, 2.45) is 11.8 Å². The Labute approximate surface area is 143 Å². The number of nitrogens with one attached hydrogen (secondary N) is 1. The largest absolute Gasteiger partial charge is 0.360 e. The van der Waals surface area contributed by atoms with Crippen molar-refractivity contribution in [1.29, 1.82) is 0 Å². The molecular weight excluding hydrogens is 294 g/mol. The van der Waals surface area contributed by atoms with Crippen LogP contribution >= 0.6 is 25.3 Å². The van der Waals surface area contributed by atoms with Crippen molar-refractivity contribution >= 4 is 25.3 Å². The summed E-state index contributed by atoms with van der Waals surface area (Å²) in [6.07, 6.45) is 4.63. The van der Waals surface area contributed by atoms with Gasteiger partial charge in [0.2, 0.25) is 0 Å². The summed E-state index contributed by atoms with van der Waals surface area (Å²) < 4.78 is 0. The molecule has 21 heavy (non-hydrogen) atoms. The first-order valence-corrected chi connectivity index (χ1v) is 8.50. The fourth-order valence-electron chi connectivity index (χ4n) is 2.10. The number of hydrogen-bond acceptors (Lipinski definition) is 3. The van der Waals surface area contributed by atoms with E-state index in [1.54, 1.807) is 0 Å². The third-order valence-corrected chi connectivity index (χ3v) is 4.50. The Bertz CT molecular complexity index is 347. The van der Waals surface area contributed by atoms with Crippen LogP contribution in [-0.4, -0.2) is 11.0 Å². The maximum atomic E-state index is 4.48. The maximum absolute atomic E-state index is 4.48. The Balaban J connectivity index is 0. The zero-order valence-corrected chi connectivity index (χ0v) is 15.9. The molecule has 3 heteroatoms. The molecule has 0 amide bonds. The first kappa shape index (κ1) is 22.7. The van der Waals surface area contributed by atoms with Gasteiger partial charge in [0.15, 0.2) is 0 Å².